The number of carbonyl (C=O) groups is 2. The van der Waals surface area contributed by atoms with Crippen molar-refractivity contribution in [2.75, 3.05) is 7.11 Å². The molecular weight excluding hydrogens is 420 g/mol. The molecule has 0 radical (unpaired) electrons. The van der Waals surface area contributed by atoms with Crippen molar-refractivity contribution < 1.29 is 24.2 Å². The molecular formula is C21H24N4O7. The second kappa shape index (κ2) is 9.08. The van der Waals surface area contributed by atoms with Crippen molar-refractivity contribution in [3.05, 3.63) is 50.2 Å². The van der Waals surface area contributed by atoms with Crippen molar-refractivity contribution in [2.24, 2.45) is 12.1 Å². The van der Waals surface area contributed by atoms with Crippen molar-refractivity contribution in [3.63, 3.8) is 0 Å². The van der Waals surface area contributed by atoms with Gasteiger partial charge < -0.3 is 14.6 Å². The minimum absolute atomic E-state index is 0.0913. The molecule has 3 rings (SSSR count). The van der Waals surface area contributed by atoms with Gasteiger partial charge in [-0.25, -0.2) is 9.80 Å². The van der Waals surface area contributed by atoms with Gasteiger partial charge in [-0.3, -0.25) is 23.9 Å². The predicted molar refractivity (Wildman–Crippen MR) is 114 cm³/mol. The Morgan fingerprint density at radius 1 is 1.22 bits per heavy atom. The van der Waals surface area contributed by atoms with Gasteiger partial charge in [0.25, 0.3) is 5.56 Å². The van der Waals surface area contributed by atoms with Crippen LogP contribution >= 0.6 is 0 Å². The summed E-state index contributed by atoms with van der Waals surface area (Å²) in [7, 11) is 2.74. The number of hydrogen-bond donors (Lipinski definition) is 2. The van der Waals surface area contributed by atoms with Crippen molar-refractivity contribution >= 4 is 17.6 Å². The quantitative estimate of drug-likeness (QED) is 0.503. The molecule has 0 fully saturated rings. The molecule has 32 heavy (non-hydrogen) atoms. The summed E-state index contributed by atoms with van der Waals surface area (Å²) in [5.41, 5.74) is -1.03. The maximum atomic E-state index is 12.6. The summed E-state index contributed by atoms with van der Waals surface area (Å²) in [6.07, 6.45) is 0.407. The minimum atomic E-state index is -0.804. The highest BCUT2D eigenvalue weighted by Crippen LogP contribution is 2.38. The molecule has 11 heteroatoms. The molecule has 0 saturated heterocycles. The Morgan fingerprint density at radius 2 is 1.94 bits per heavy atom. The van der Waals surface area contributed by atoms with Crippen LogP contribution < -0.4 is 20.7 Å². The highest BCUT2D eigenvalue weighted by atomic mass is 16.6. The van der Waals surface area contributed by atoms with Crippen LogP contribution in [0.2, 0.25) is 0 Å². The van der Waals surface area contributed by atoms with Crippen LogP contribution in [0, 0.1) is 0 Å². The summed E-state index contributed by atoms with van der Waals surface area (Å²) < 4.78 is 11.5. The molecule has 1 aliphatic heterocycles. The number of ether oxygens (including phenoxy) is 2. The third-order valence-corrected chi connectivity index (χ3v) is 5.14. The Bertz CT molecular complexity index is 1210. The minimum Gasteiger partial charge on any atom is -0.494 e. The number of aromatic amines is 1. The zero-order chi connectivity index (χ0) is 23.6. The van der Waals surface area contributed by atoms with E-state index in [-0.39, 0.29) is 42.2 Å². The van der Waals surface area contributed by atoms with Crippen molar-refractivity contribution in [2.45, 2.75) is 39.2 Å². The van der Waals surface area contributed by atoms with E-state index in [9.17, 15) is 24.3 Å². The molecule has 1 aromatic heterocycles. The molecule has 0 spiro atoms. The molecule has 2 N–H and O–H groups in total. The van der Waals surface area contributed by atoms with Gasteiger partial charge in [0.1, 0.15) is 5.56 Å². The molecule has 11 nitrogen and oxygen atoms in total. The molecule has 1 atom stereocenters. The van der Waals surface area contributed by atoms with Gasteiger partial charge in [-0.1, -0.05) is 19.9 Å². The van der Waals surface area contributed by atoms with Gasteiger partial charge in [-0.15, -0.1) is 0 Å². The third kappa shape index (κ3) is 4.13. The number of hydrazone groups is 1. The van der Waals surface area contributed by atoms with E-state index in [1.807, 2.05) is 0 Å². The van der Waals surface area contributed by atoms with Gasteiger partial charge in [-0.2, -0.15) is 5.10 Å². The van der Waals surface area contributed by atoms with E-state index in [1.165, 1.54) is 19.2 Å². The summed E-state index contributed by atoms with van der Waals surface area (Å²) in [5.74, 6) is -0.776. The van der Waals surface area contributed by atoms with Gasteiger partial charge in [0.05, 0.1) is 18.9 Å². The van der Waals surface area contributed by atoms with E-state index in [0.29, 0.717) is 11.3 Å². The lowest BCUT2D eigenvalue weighted by molar-refractivity contribution is -0.134. The average molecular weight is 444 g/mol. The van der Waals surface area contributed by atoms with Crippen molar-refractivity contribution in [1.29, 1.82) is 0 Å². The largest absolute Gasteiger partial charge is 0.494 e. The van der Waals surface area contributed by atoms with E-state index in [4.69, 9.17) is 9.47 Å². The molecule has 0 aliphatic carbocycles. The maximum absolute atomic E-state index is 12.6. The number of H-pyrrole nitrogens is 1. The second-order valence-electron chi connectivity index (χ2n) is 7.11. The lowest BCUT2D eigenvalue weighted by Gasteiger charge is -2.22. The van der Waals surface area contributed by atoms with Crippen LogP contribution in [0.25, 0.3) is 0 Å². The first-order chi connectivity index (χ1) is 15.2. The Kier molecular flexibility index (Phi) is 6.47. The number of nitrogens with one attached hydrogen (secondary N) is 1. The average Bonchev–Trinajstić information content (AvgIpc) is 3.21. The standard InChI is InChI=1S/C21H24N4O7/c1-5-16(26)25-13(11-7-8-14(31-4)15(9-11)32-17(27)6-2)10-12(23-25)18-19(28)22-21(30)24(3)20(18)29/h7-9,13,29H,5-6,10H2,1-4H3,(H,22,28,30)/t13-/m0/s1. The Hall–Kier alpha value is -3.89. The van der Waals surface area contributed by atoms with Crippen LogP contribution in [0.4, 0.5) is 0 Å². The van der Waals surface area contributed by atoms with E-state index < -0.39 is 29.1 Å². The fourth-order valence-corrected chi connectivity index (χ4v) is 3.36. The van der Waals surface area contributed by atoms with E-state index >= 15 is 0 Å². The van der Waals surface area contributed by atoms with Crippen molar-refractivity contribution in [3.8, 4) is 17.4 Å². The first-order valence-electron chi connectivity index (χ1n) is 10.0. The zero-order valence-electron chi connectivity index (χ0n) is 18.2. The number of esters is 1. The second-order valence-corrected chi connectivity index (χ2v) is 7.11. The lowest BCUT2D eigenvalue weighted by Crippen LogP contribution is -2.32. The smallest absolute Gasteiger partial charge is 0.330 e. The monoisotopic (exact) mass is 444 g/mol. The van der Waals surface area contributed by atoms with Crippen LogP contribution in [0.3, 0.4) is 0 Å². The number of rotatable bonds is 6. The third-order valence-electron chi connectivity index (χ3n) is 5.14. The first kappa shape index (κ1) is 22.8. The number of methoxy groups -OCH3 is 1. The van der Waals surface area contributed by atoms with E-state index in [0.717, 1.165) is 4.57 Å². The van der Waals surface area contributed by atoms with Gasteiger partial charge in [-0.05, 0) is 17.7 Å². The summed E-state index contributed by atoms with van der Waals surface area (Å²) in [5, 5.41) is 15.9. The van der Waals surface area contributed by atoms with Crippen LogP contribution in [-0.2, 0) is 16.6 Å². The Morgan fingerprint density at radius 3 is 2.56 bits per heavy atom. The number of benzene rings is 1. The van der Waals surface area contributed by atoms with Gasteiger partial charge in [0, 0.05) is 26.3 Å². The van der Waals surface area contributed by atoms with Crippen LogP contribution in [0.5, 0.6) is 17.4 Å². The SMILES string of the molecule is CCC(=O)Oc1cc([C@@H]2CC(c3c(O)n(C)c(=O)[nH]c3=O)=NN2C(=O)CC)ccc1OC. The van der Waals surface area contributed by atoms with Crippen LogP contribution in [0.15, 0.2) is 32.9 Å². The molecule has 0 bridgehead atoms. The van der Waals surface area contributed by atoms with Crippen LogP contribution in [0.1, 0.15) is 50.3 Å². The number of carbonyl (C=O) groups excluding carboxylic acids is 2. The normalized spacial score (nSPS) is 15.4. The van der Waals surface area contributed by atoms with Gasteiger partial charge in [0.2, 0.25) is 11.8 Å². The maximum Gasteiger partial charge on any atom is 0.330 e. The van der Waals surface area contributed by atoms with Crippen LogP contribution in [-0.4, -0.2) is 44.4 Å². The topological polar surface area (TPSA) is 143 Å². The lowest BCUT2D eigenvalue weighted by atomic mass is 9.98. The summed E-state index contributed by atoms with van der Waals surface area (Å²) >= 11 is 0. The highest BCUT2D eigenvalue weighted by Gasteiger charge is 2.35. The van der Waals surface area contributed by atoms with Gasteiger partial charge in [0.15, 0.2) is 11.5 Å². The fraction of sp³-hybridized carbons (Fsp3) is 0.381. The Labute approximate surface area is 182 Å². The molecule has 2 heterocycles. The molecule has 0 unspecified atom stereocenters. The molecule has 170 valence electrons. The van der Waals surface area contributed by atoms with Gasteiger partial charge >= 0.3 is 11.7 Å². The highest BCUT2D eigenvalue weighted by molar-refractivity contribution is 6.04. The molecule has 1 amide bonds. The zero-order valence-corrected chi connectivity index (χ0v) is 18.2. The number of hydrogen-bond acceptors (Lipinski definition) is 8. The molecule has 0 saturated carbocycles. The fourth-order valence-electron chi connectivity index (χ4n) is 3.36. The molecule has 1 aromatic carbocycles. The molecule has 2 aromatic rings. The summed E-state index contributed by atoms with van der Waals surface area (Å²) in [6.45, 7) is 3.33. The number of aromatic hydroxyl groups is 1. The number of aromatic nitrogens is 2. The van der Waals surface area contributed by atoms with Crippen molar-refractivity contribution in [1.82, 2.24) is 14.6 Å². The predicted octanol–water partition coefficient (Wildman–Crippen LogP) is 1.19. The van der Waals surface area contributed by atoms with E-state index in [1.54, 1.807) is 32.0 Å². The first-order valence-corrected chi connectivity index (χ1v) is 10.0. The van der Waals surface area contributed by atoms with E-state index in [2.05, 4.69) is 10.1 Å². The number of amides is 1. The summed E-state index contributed by atoms with van der Waals surface area (Å²) in [4.78, 5) is 50.7. The number of nitrogens with zero attached hydrogens (tertiary/aromatic N) is 3. The Balaban J connectivity index is 2.08. The summed E-state index contributed by atoms with van der Waals surface area (Å²) in [6, 6.07) is 4.26. The molecule has 1 aliphatic rings.